The highest BCUT2D eigenvalue weighted by atomic mass is 33.2. The van der Waals surface area contributed by atoms with Gasteiger partial charge in [0, 0.05) is 83.2 Å². The number of rotatable bonds is 32. The molecule has 20 nitrogen and oxygen atoms in total. The molecule has 2 heterocycles. The Hall–Kier alpha value is -4.55. The van der Waals surface area contributed by atoms with Gasteiger partial charge in [0.2, 0.25) is 47.3 Å². The molecule has 0 spiro atoms. The highest BCUT2D eigenvalue weighted by Gasteiger charge is 2.38. The van der Waals surface area contributed by atoms with Crippen LogP contribution in [0, 0.1) is 0 Å². The Labute approximate surface area is 371 Å². The molecule has 2 saturated heterocycles. The summed E-state index contributed by atoms with van der Waals surface area (Å²) in [6, 6.07) is 5.80. The minimum absolute atomic E-state index is 0.0550. The first-order valence-corrected chi connectivity index (χ1v) is 23.3. The zero-order valence-corrected chi connectivity index (χ0v) is 37.2. The van der Waals surface area contributed by atoms with Gasteiger partial charge in [0.1, 0.15) is 23.8 Å². The largest absolute Gasteiger partial charge is 0.379 e. The van der Waals surface area contributed by atoms with Crippen molar-refractivity contribution in [1.29, 1.82) is 0 Å². The number of nitrogens with zero attached hydrogens (tertiary/aromatic N) is 1. The van der Waals surface area contributed by atoms with Gasteiger partial charge in [-0.3, -0.25) is 52.8 Å². The summed E-state index contributed by atoms with van der Waals surface area (Å²) < 4.78 is 16.0. The highest BCUT2D eigenvalue weighted by Crippen LogP contribution is 2.53. The molecule has 1 unspecified atom stereocenters. The van der Waals surface area contributed by atoms with E-state index in [1.54, 1.807) is 45.9 Å². The van der Waals surface area contributed by atoms with Crippen LogP contribution in [0.3, 0.4) is 0 Å². The van der Waals surface area contributed by atoms with E-state index in [2.05, 4.69) is 31.9 Å². The number of thioether (sulfide) groups is 1. The number of hydrogen-bond donors (Lipinski definition) is 6. The van der Waals surface area contributed by atoms with E-state index in [0.29, 0.717) is 38.3 Å². The molecule has 0 aromatic heterocycles. The van der Waals surface area contributed by atoms with Crippen molar-refractivity contribution in [3.05, 3.63) is 29.8 Å². The predicted octanol–water partition coefficient (Wildman–Crippen LogP) is -0.513. The van der Waals surface area contributed by atoms with Gasteiger partial charge in [-0.2, -0.15) is 0 Å². The van der Waals surface area contributed by atoms with Crippen molar-refractivity contribution in [2.75, 3.05) is 83.9 Å². The average molecular weight is 926 g/mol. The van der Waals surface area contributed by atoms with E-state index in [-0.39, 0.29) is 98.7 Å². The van der Waals surface area contributed by atoms with E-state index in [1.165, 1.54) is 14.0 Å². The molecular formula is C39H55N7O13S3. The summed E-state index contributed by atoms with van der Waals surface area (Å²) in [5.74, 6) is -3.28. The van der Waals surface area contributed by atoms with E-state index >= 15 is 0 Å². The Morgan fingerprint density at radius 1 is 0.742 bits per heavy atom. The molecule has 0 radical (unpaired) electrons. The number of ketones is 2. The van der Waals surface area contributed by atoms with Gasteiger partial charge >= 0.3 is 0 Å². The second-order valence-corrected chi connectivity index (χ2v) is 17.9. The molecule has 2 atom stereocenters. The number of imide groups is 1. The van der Waals surface area contributed by atoms with Gasteiger partial charge in [0.15, 0.2) is 11.6 Å². The highest BCUT2D eigenvalue weighted by molar-refractivity contribution is 8.93. The Morgan fingerprint density at radius 3 is 2.11 bits per heavy atom. The lowest BCUT2D eigenvalue weighted by Gasteiger charge is -2.17. The average Bonchev–Trinajstić information content (AvgIpc) is 4.06. The molecule has 2 aliphatic heterocycles. The molecule has 62 heavy (non-hydrogen) atoms. The number of anilines is 1. The molecule has 6 N–H and O–H groups in total. The quantitative estimate of drug-likeness (QED) is 0.0230. The lowest BCUT2D eigenvalue weighted by molar-refractivity contribution is -0.139. The number of ether oxygens (including phenoxy) is 3. The minimum Gasteiger partial charge on any atom is -0.379 e. The topological polar surface area (TPSA) is 274 Å². The van der Waals surface area contributed by atoms with Crippen LogP contribution in [0.1, 0.15) is 51.0 Å². The lowest BCUT2D eigenvalue weighted by atomic mass is 10.1. The van der Waals surface area contributed by atoms with E-state index in [0.717, 1.165) is 22.2 Å². The second kappa shape index (κ2) is 28.9. The van der Waals surface area contributed by atoms with E-state index in [9.17, 15) is 47.9 Å². The van der Waals surface area contributed by atoms with Crippen LogP contribution in [0.2, 0.25) is 0 Å². The number of amides is 8. The number of nitrogens with one attached hydrogen (secondary N) is 6. The molecule has 23 heteroatoms. The van der Waals surface area contributed by atoms with Gasteiger partial charge in [-0.1, -0.05) is 33.7 Å². The van der Waals surface area contributed by atoms with Crippen LogP contribution < -0.4 is 31.9 Å². The van der Waals surface area contributed by atoms with Gasteiger partial charge in [-0.25, -0.2) is 0 Å². The van der Waals surface area contributed by atoms with Crippen LogP contribution >= 0.6 is 33.3 Å². The Kier molecular flexibility index (Phi) is 24.2. The van der Waals surface area contributed by atoms with Crippen LogP contribution in [-0.4, -0.2) is 158 Å². The van der Waals surface area contributed by atoms with Gasteiger partial charge in [-0.05, 0) is 31.0 Å². The number of hydrogen-bond acceptors (Lipinski definition) is 16. The van der Waals surface area contributed by atoms with Crippen molar-refractivity contribution in [3.63, 3.8) is 0 Å². The Bertz CT molecular complexity index is 1730. The molecule has 8 amide bonds. The Balaban J connectivity index is 1.21. The standard InChI is InChI=1S/C39H55N7O13S3/c1-25(47)28(22-43-35(53)23-59-24-36(54)44-27-6-3-26(4-7-27)5-8-32(50)41-13-9-31(49)40-2)45-34(52)12-20-60-30-21-37(55)46(38(30)56)15-10-33(51)42-14-17-58-19-18-57-16-11-29(48)39-61-62-39/h3-4,6-7,28,30,39H,5,8-24H2,1-2H3,(H,40,49)(H,41,50)(H,42,51)(H,43,53)(H,44,54)(H,45,52)/t28-,30?/m1/s1. The Morgan fingerprint density at radius 2 is 1.42 bits per heavy atom. The summed E-state index contributed by atoms with van der Waals surface area (Å²) >= 11 is 1.12. The summed E-state index contributed by atoms with van der Waals surface area (Å²) in [6.45, 7) is 1.72. The number of carbonyl (C=O) groups is 10. The van der Waals surface area contributed by atoms with Crippen molar-refractivity contribution in [1.82, 2.24) is 31.5 Å². The minimum atomic E-state index is -1.04. The normalized spacial score (nSPS) is 15.1. The molecule has 2 fully saturated rings. The van der Waals surface area contributed by atoms with Crippen LogP contribution in [-0.2, 0) is 68.6 Å². The van der Waals surface area contributed by atoms with E-state index in [4.69, 9.17) is 14.2 Å². The molecule has 0 bridgehead atoms. The van der Waals surface area contributed by atoms with Crippen LogP contribution in [0.5, 0.6) is 0 Å². The summed E-state index contributed by atoms with van der Waals surface area (Å²) in [7, 11) is 4.62. The number of benzene rings is 1. The maximum Gasteiger partial charge on any atom is 0.250 e. The smallest absolute Gasteiger partial charge is 0.250 e. The van der Waals surface area contributed by atoms with Crippen molar-refractivity contribution in [2.24, 2.45) is 0 Å². The summed E-state index contributed by atoms with van der Waals surface area (Å²) in [4.78, 5) is 123. The molecule has 0 aliphatic carbocycles. The SMILES string of the molecule is CNC(=O)CCNC(=O)CCc1ccc(NC(=O)COCC(=O)NC[C@@H](NC(=O)CCSC2CC(=O)N(CCC(=O)NCCOCCOCCC(=O)C3SS3)C2=O)C(C)=O)cc1. The van der Waals surface area contributed by atoms with Gasteiger partial charge < -0.3 is 46.1 Å². The summed E-state index contributed by atoms with van der Waals surface area (Å²) in [5, 5.41) is 14.8. The molecule has 342 valence electrons. The van der Waals surface area contributed by atoms with Gasteiger partial charge in [0.25, 0.3) is 0 Å². The van der Waals surface area contributed by atoms with Gasteiger partial charge in [0.05, 0.1) is 31.7 Å². The van der Waals surface area contributed by atoms with Crippen LogP contribution in [0.4, 0.5) is 5.69 Å². The number of aryl methyl sites for hydroxylation is 1. The first-order valence-electron chi connectivity index (χ1n) is 20.0. The lowest BCUT2D eigenvalue weighted by Crippen LogP contribution is -2.48. The fourth-order valence-corrected chi connectivity index (χ4v) is 7.86. The second-order valence-electron chi connectivity index (χ2n) is 13.8. The third-order valence-corrected chi connectivity index (χ3v) is 12.2. The van der Waals surface area contributed by atoms with E-state index < -0.39 is 59.8 Å². The molecule has 0 saturated carbocycles. The molecule has 3 rings (SSSR count). The summed E-state index contributed by atoms with van der Waals surface area (Å²) in [6.07, 6.45) is 1.04. The molecule has 1 aromatic carbocycles. The van der Waals surface area contributed by atoms with Crippen molar-refractivity contribution in [2.45, 2.75) is 67.7 Å². The third-order valence-electron chi connectivity index (χ3n) is 8.93. The van der Waals surface area contributed by atoms with E-state index in [1.807, 2.05) is 0 Å². The molecule has 2 aliphatic rings. The first kappa shape index (κ1) is 51.8. The fraction of sp³-hybridized carbons (Fsp3) is 0.590. The first-order chi connectivity index (χ1) is 29.7. The third kappa shape index (κ3) is 21.5. The van der Waals surface area contributed by atoms with Crippen molar-refractivity contribution < 1.29 is 62.2 Å². The van der Waals surface area contributed by atoms with Crippen molar-refractivity contribution >= 4 is 97.9 Å². The molecular weight excluding hydrogens is 871 g/mol. The zero-order chi connectivity index (χ0) is 45.3. The maximum absolute atomic E-state index is 12.9. The number of likely N-dealkylation sites (tertiary alicyclic amines) is 1. The maximum atomic E-state index is 12.9. The number of carbonyl (C=O) groups excluding carboxylic acids is 10. The van der Waals surface area contributed by atoms with Gasteiger partial charge in [-0.15, -0.1) is 11.8 Å². The molecule has 1 aromatic rings. The predicted molar refractivity (Wildman–Crippen MR) is 232 cm³/mol. The fourth-order valence-electron chi connectivity index (χ4n) is 5.43. The monoisotopic (exact) mass is 925 g/mol. The van der Waals surface area contributed by atoms with Crippen molar-refractivity contribution in [3.8, 4) is 0 Å². The summed E-state index contributed by atoms with van der Waals surface area (Å²) in [5.41, 5.74) is 1.35. The van der Waals surface area contributed by atoms with Crippen LogP contribution in [0.15, 0.2) is 24.3 Å². The zero-order valence-electron chi connectivity index (χ0n) is 34.7. The van der Waals surface area contributed by atoms with Crippen LogP contribution in [0.25, 0.3) is 0 Å². The number of Topliss-reactive ketones (excluding diaryl/α,β-unsaturated/α-hetero) is 2.